The number of likely N-dealkylation sites (N-methyl/N-ethyl adjacent to an activating group) is 1. The van der Waals surface area contributed by atoms with Crippen LogP contribution in [0.4, 0.5) is 0 Å². The van der Waals surface area contributed by atoms with E-state index in [1.807, 2.05) is 0 Å². The number of carbonyl (C=O) groups excluding carboxylic acids is 2. The molecule has 1 saturated heterocycles. The lowest BCUT2D eigenvalue weighted by atomic mass is 10.4. The van der Waals surface area contributed by atoms with E-state index in [2.05, 4.69) is 24.1 Å². The molecule has 0 bridgehead atoms. The van der Waals surface area contributed by atoms with Crippen molar-refractivity contribution in [2.24, 2.45) is 0 Å². The largest absolute Gasteiger partial charge is 0.353 e. The molecule has 98 valence electrons. The predicted octanol–water partition coefficient (Wildman–Crippen LogP) is -0.0227. The van der Waals surface area contributed by atoms with Crippen LogP contribution in [0.2, 0.25) is 0 Å². The summed E-state index contributed by atoms with van der Waals surface area (Å²) in [5, 5.41) is 2.85. The number of rotatable bonds is 7. The molecule has 1 aliphatic rings. The molecule has 1 heterocycles. The Morgan fingerprint density at radius 3 is 2.71 bits per heavy atom. The van der Waals surface area contributed by atoms with Gasteiger partial charge < -0.3 is 15.1 Å². The van der Waals surface area contributed by atoms with Gasteiger partial charge in [0.15, 0.2) is 0 Å². The molecule has 1 fully saturated rings. The number of hydrogen-bond acceptors (Lipinski definition) is 4. The van der Waals surface area contributed by atoms with Crippen molar-refractivity contribution in [2.45, 2.75) is 13.8 Å². The van der Waals surface area contributed by atoms with Gasteiger partial charge in [-0.05, 0) is 13.1 Å². The van der Waals surface area contributed by atoms with Gasteiger partial charge in [-0.1, -0.05) is 13.8 Å². The Bertz CT molecular complexity index is 269. The molecule has 5 nitrogen and oxygen atoms in total. The third kappa shape index (κ3) is 4.95. The van der Waals surface area contributed by atoms with E-state index < -0.39 is 0 Å². The van der Waals surface area contributed by atoms with Crippen LogP contribution in [0.3, 0.4) is 0 Å². The van der Waals surface area contributed by atoms with Crippen LogP contribution in [-0.2, 0) is 9.59 Å². The third-order valence-corrected chi connectivity index (χ3v) is 3.75. The highest BCUT2D eigenvalue weighted by atomic mass is 32.2. The minimum Gasteiger partial charge on any atom is -0.353 e. The second-order valence-electron chi connectivity index (χ2n) is 3.95. The van der Waals surface area contributed by atoms with Gasteiger partial charge in [0.25, 0.3) is 0 Å². The molecule has 2 amide bonds. The number of hydrogen-bond donors (Lipinski definition) is 1. The number of nitrogens with zero attached hydrogens (tertiary/aromatic N) is 2. The third-order valence-electron chi connectivity index (χ3n) is 2.80. The monoisotopic (exact) mass is 259 g/mol. The maximum Gasteiger partial charge on any atom is 0.239 e. The first kappa shape index (κ1) is 14.3. The first-order valence-corrected chi connectivity index (χ1v) is 7.17. The zero-order valence-electron chi connectivity index (χ0n) is 10.6. The van der Waals surface area contributed by atoms with Crippen molar-refractivity contribution >= 4 is 23.6 Å². The summed E-state index contributed by atoms with van der Waals surface area (Å²) in [6.07, 6.45) is 0. The smallest absolute Gasteiger partial charge is 0.239 e. The fourth-order valence-corrected chi connectivity index (χ4v) is 2.57. The highest BCUT2D eigenvalue weighted by Gasteiger charge is 2.22. The number of nitrogens with one attached hydrogen (secondary N) is 1. The molecule has 1 rings (SSSR count). The maximum absolute atomic E-state index is 11.6. The van der Waals surface area contributed by atoms with Crippen molar-refractivity contribution in [3.63, 3.8) is 0 Å². The summed E-state index contributed by atoms with van der Waals surface area (Å²) in [4.78, 5) is 26.7. The molecule has 1 N–H and O–H groups in total. The average molecular weight is 259 g/mol. The number of amides is 2. The molecule has 0 aromatic rings. The van der Waals surface area contributed by atoms with E-state index in [4.69, 9.17) is 0 Å². The Balaban J connectivity index is 2.14. The van der Waals surface area contributed by atoms with Crippen LogP contribution in [0.1, 0.15) is 13.8 Å². The van der Waals surface area contributed by atoms with Gasteiger partial charge in [-0.25, -0.2) is 0 Å². The number of carbonyl (C=O) groups is 2. The second-order valence-corrected chi connectivity index (χ2v) is 4.90. The molecule has 0 radical (unpaired) electrons. The molecular weight excluding hydrogens is 238 g/mol. The normalized spacial score (nSPS) is 15.7. The topological polar surface area (TPSA) is 52.7 Å². The molecule has 17 heavy (non-hydrogen) atoms. The first-order valence-electron chi connectivity index (χ1n) is 6.02. The van der Waals surface area contributed by atoms with E-state index >= 15 is 0 Å². The van der Waals surface area contributed by atoms with Crippen molar-refractivity contribution in [3.05, 3.63) is 0 Å². The molecular formula is C11H21N3O2S. The van der Waals surface area contributed by atoms with Gasteiger partial charge >= 0.3 is 0 Å². The van der Waals surface area contributed by atoms with Crippen molar-refractivity contribution in [3.8, 4) is 0 Å². The molecule has 0 atom stereocenters. The summed E-state index contributed by atoms with van der Waals surface area (Å²) in [7, 11) is 0. The number of thioether (sulfide) groups is 1. The standard InChI is InChI=1S/C11H21N3O2S/c1-3-13(4-2)6-5-12-10(15)7-14-9-17-8-11(14)16/h3-9H2,1-2H3,(H,12,15). The fourth-order valence-electron chi connectivity index (χ4n) is 1.66. The lowest BCUT2D eigenvalue weighted by Crippen LogP contribution is -2.41. The average Bonchev–Trinajstić information content (AvgIpc) is 2.71. The van der Waals surface area contributed by atoms with E-state index in [1.165, 1.54) is 0 Å². The second kappa shape index (κ2) is 7.55. The summed E-state index contributed by atoms with van der Waals surface area (Å²) in [6.45, 7) is 7.90. The van der Waals surface area contributed by atoms with E-state index in [9.17, 15) is 9.59 Å². The van der Waals surface area contributed by atoms with E-state index in [-0.39, 0.29) is 18.4 Å². The maximum atomic E-state index is 11.6. The van der Waals surface area contributed by atoms with Gasteiger partial charge in [-0.2, -0.15) is 0 Å². The van der Waals surface area contributed by atoms with Crippen LogP contribution in [0.5, 0.6) is 0 Å². The molecule has 0 aliphatic carbocycles. The highest BCUT2D eigenvalue weighted by molar-refractivity contribution is 8.00. The van der Waals surface area contributed by atoms with Gasteiger partial charge in [0.05, 0.1) is 11.6 Å². The summed E-state index contributed by atoms with van der Waals surface area (Å²) in [6, 6.07) is 0. The summed E-state index contributed by atoms with van der Waals surface area (Å²) in [5.74, 6) is 1.15. The quantitative estimate of drug-likeness (QED) is 0.698. The molecule has 0 spiro atoms. The SMILES string of the molecule is CCN(CC)CCNC(=O)CN1CSCC1=O. The van der Waals surface area contributed by atoms with Crippen molar-refractivity contribution in [1.29, 1.82) is 0 Å². The first-order chi connectivity index (χ1) is 8.17. The van der Waals surface area contributed by atoms with Crippen molar-refractivity contribution in [2.75, 3.05) is 44.4 Å². The lowest BCUT2D eigenvalue weighted by Gasteiger charge is -2.19. The summed E-state index contributed by atoms with van der Waals surface area (Å²) < 4.78 is 0. The van der Waals surface area contributed by atoms with Crippen LogP contribution in [0, 0.1) is 0 Å². The van der Waals surface area contributed by atoms with E-state index in [0.29, 0.717) is 18.2 Å². The van der Waals surface area contributed by atoms with Crippen LogP contribution in [0.25, 0.3) is 0 Å². The van der Waals surface area contributed by atoms with Crippen LogP contribution in [0.15, 0.2) is 0 Å². The Labute approximate surface area is 107 Å². The molecule has 0 aromatic carbocycles. The minimum atomic E-state index is -0.0620. The molecule has 0 saturated carbocycles. The minimum absolute atomic E-state index is 0.0620. The fraction of sp³-hybridized carbons (Fsp3) is 0.818. The summed E-state index contributed by atoms with van der Waals surface area (Å²) in [5.41, 5.74) is 0. The van der Waals surface area contributed by atoms with Gasteiger partial charge in [-0.15, -0.1) is 11.8 Å². The van der Waals surface area contributed by atoms with E-state index in [0.717, 1.165) is 19.6 Å². The van der Waals surface area contributed by atoms with Gasteiger partial charge in [0.2, 0.25) is 11.8 Å². The van der Waals surface area contributed by atoms with Crippen molar-refractivity contribution < 1.29 is 9.59 Å². The lowest BCUT2D eigenvalue weighted by molar-refractivity contribution is -0.132. The predicted molar refractivity (Wildman–Crippen MR) is 69.8 cm³/mol. The van der Waals surface area contributed by atoms with Crippen LogP contribution < -0.4 is 5.32 Å². The Morgan fingerprint density at radius 1 is 1.47 bits per heavy atom. The zero-order valence-corrected chi connectivity index (χ0v) is 11.4. The highest BCUT2D eigenvalue weighted by Crippen LogP contribution is 2.13. The molecule has 0 unspecified atom stereocenters. The molecule has 0 aromatic heterocycles. The van der Waals surface area contributed by atoms with Gasteiger partial charge in [-0.3, -0.25) is 9.59 Å². The van der Waals surface area contributed by atoms with Gasteiger partial charge in [0.1, 0.15) is 6.54 Å². The Morgan fingerprint density at radius 2 is 2.18 bits per heavy atom. The van der Waals surface area contributed by atoms with Gasteiger partial charge in [0, 0.05) is 13.1 Å². The zero-order chi connectivity index (χ0) is 12.7. The summed E-state index contributed by atoms with van der Waals surface area (Å²) >= 11 is 1.56. The molecule has 1 aliphatic heterocycles. The van der Waals surface area contributed by atoms with Crippen LogP contribution >= 0.6 is 11.8 Å². The van der Waals surface area contributed by atoms with Crippen molar-refractivity contribution in [1.82, 2.24) is 15.1 Å². The molecule has 6 heteroatoms. The Kier molecular flexibility index (Phi) is 6.36. The Hall–Kier alpha value is -0.750. The van der Waals surface area contributed by atoms with E-state index in [1.54, 1.807) is 16.7 Å². The van der Waals surface area contributed by atoms with Crippen LogP contribution in [-0.4, -0.2) is 66.0 Å².